The Labute approximate surface area is 499 Å². The van der Waals surface area contributed by atoms with Crippen molar-refractivity contribution >= 4 is 17.7 Å². The molecule has 6 fully saturated rings. The van der Waals surface area contributed by atoms with E-state index in [4.69, 9.17) is 28.4 Å². The van der Waals surface area contributed by atoms with Crippen LogP contribution in [-0.4, -0.2) is 211 Å². The van der Waals surface area contributed by atoms with Gasteiger partial charge in [0.05, 0.1) is 47.6 Å². The topological polar surface area (TPSA) is 267 Å². The first-order chi connectivity index (χ1) is 39.0. The van der Waals surface area contributed by atoms with Gasteiger partial charge in [0.1, 0.15) is 30.0 Å². The van der Waals surface area contributed by atoms with Crippen LogP contribution in [0.25, 0.3) is 0 Å². The Kier molecular flexibility index (Phi) is 21.4. The van der Waals surface area contributed by atoms with Crippen molar-refractivity contribution in [3.8, 4) is 0 Å². The van der Waals surface area contributed by atoms with Crippen molar-refractivity contribution in [1.82, 2.24) is 15.1 Å². The number of amides is 1. The molecular weight excluding hydrogens is 1090 g/mol. The molecule has 482 valence electrons. The first kappa shape index (κ1) is 68.9. The first-order valence-corrected chi connectivity index (χ1v) is 31.7. The van der Waals surface area contributed by atoms with E-state index < -0.39 is 148 Å². The van der Waals surface area contributed by atoms with Crippen LogP contribution in [0.4, 0.5) is 4.39 Å². The summed E-state index contributed by atoms with van der Waals surface area (Å²) in [6.45, 7) is 26.0. The predicted octanol–water partition coefficient (Wildman–Crippen LogP) is 5.30. The van der Waals surface area contributed by atoms with Gasteiger partial charge < -0.3 is 74.4 Å². The minimum atomic E-state index is -2.13. The number of alkyl halides is 1. The van der Waals surface area contributed by atoms with Gasteiger partial charge >= 0.3 is 5.97 Å². The fourth-order valence-corrected chi connectivity index (χ4v) is 17.0. The van der Waals surface area contributed by atoms with Crippen LogP contribution < -0.4 is 5.32 Å². The third-order valence-electron chi connectivity index (χ3n) is 22.3. The predicted molar refractivity (Wildman–Crippen MR) is 312 cm³/mol. The van der Waals surface area contributed by atoms with E-state index in [2.05, 4.69) is 17.1 Å². The van der Waals surface area contributed by atoms with Crippen molar-refractivity contribution in [2.45, 2.75) is 275 Å². The van der Waals surface area contributed by atoms with Crippen molar-refractivity contribution in [2.24, 2.45) is 46.3 Å². The van der Waals surface area contributed by atoms with Crippen molar-refractivity contribution in [2.75, 3.05) is 40.3 Å². The Morgan fingerprint density at radius 2 is 1.57 bits per heavy atom. The molecule has 0 spiro atoms. The number of methoxy groups -OCH3 is 1. The lowest BCUT2D eigenvalue weighted by Crippen LogP contribution is -2.70. The van der Waals surface area contributed by atoms with Crippen molar-refractivity contribution in [1.29, 1.82) is 0 Å². The van der Waals surface area contributed by atoms with E-state index in [1.54, 1.807) is 75.3 Å². The second-order valence-electron chi connectivity index (χ2n) is 28.4. The summed E-state index contributed by atoms with van der Waals surface area (Å²) in [6.07, 6.45) is -3.72. The molecule has 0 radical (unpaired) electrons. The lowest BCUT2D eigenvalue weighted by molar-refractivity contribution is -0.318. The lowest BCUT2D eigenvalue weighted by Gasteiger charge is -2.62. The van der Waals surface area contributed by atoms with Crippen LogP contribution in [-0.2, 0) is 42.8 Å². The Hall–Kier alpha value is -2.54. The average Bonchev–Trinajstić information content (AvgIpc) is 1.37. The number of halogens is 1. The number of carbonyl (C=O) groups is 3. The van der Waals surface area contributed by atoms with E-state index in [-0.39, 0.29) is 69.2 Å². The second-order valence-corrected chi connectivity index (χ2v) is 28.4. The fourth-order valence-electron chi connectivity index (χ4n) is 17.0. The number of unbranched alkanes of at least 4 members (excludes halogenated alkanes) is 1. The molecule has 3 heterocycles. The van der Waals surface area contributed by atoms with Crippen molar-refractivity contribution in [3.63, 3.8) is 0 Å². The number of aliphatic hydroxyl groups excluding tert-OH is 4. The van der Waals surface area contributed by atoms with Crippen LogP contribution in [0.15, 0.2) is 23.8 Å². The lowest BCUT2D eigenvalue weighted by atomic mass is 9.44. The van der Waals surface area contributed by atoms with Gasteiger partial charge in [-0.1, -0.05) is 59.6 Å². The van der Waals surface area contributed by atoms with E-state index >= 15 is 4.39 Å². The standard InChI is InChI=1S/C64H108FN3O16/c1-17-19-26-67(15)46-29-37(5)80-56(50(46)71)84-54-38(6)51(83-49-33-61(13,79-16)53(73)41(9)81-49)39(7)55(74)82-48(18-2)62(14,77)52(72)40(8)68(34-35(3)31-60(54,12)76)27-20-25-66-57(75)64(78)36(4)28-45-44-22-21-42-30-43(69)23-24-58(42,10)63(44,65)47(70)32-59(45,64)11/h23-24,30,35-41,44-54,56,70-73,76-78H,17-22,25-29,31-34H2,1-16H3,(H,66,75)/t35-,36-,37-,38+,39-,40-,41+,44?,45?,46+,47+,48-,49?,50-,51+,52-,53+,54-,56?,58+,59+,60-,61-,62-,63+,64+/m1/s1. The molecule has 0 aromatic heterocycles. The molecule has 4 unspecified atom stereocenters. The van der Waals surface area contributed by atoms with E-state index in [0.717, 1.165) is 19.4 Å². The average molecular weight is 1190 g/mol. The minimum absolute atomic E-state index is 0.0656. The number of nitrogens with one attached hydrogen (secondary N) is 1. The summed E-state index contributed by atoms with van der Waals surface area (Å²) in [5.74, 6) is -5.72. The summed E-state index contributed by atoms with van der Waals surface area (Å²) in [4.78, 5) is 46.0. The number of ketones is 1. The summed E-state index contributed by atoms with van der Waals surface area (Å²) in [7, 11) is 3.46. The van der Waals surface area contributed by atoms with Crippen molar-refractivity contribution in [3.05, 3.63) is 23.8 Å². The van der Waals surface area contributed by atoms with Gasteiger partial charge in [-0.3, -0.25) is 19.3 Å². The molecule has 0 aromatic rings. The maximum absolute atomic E-state index is 17.9. The molecule has 8 N–H and O–H groups in total. The number of rotatable bonds is 15. The molecule has 3 aliphatic heterocycles. The number of fused-ring (bicyclic) bond motifs is 5. The molecule has 0 bridgehead atoms. The maximum Gasteiger partial charge on any atom is 0.311 e. The molecule has 1 amide bonds. The Bertz CT molecular complexity index is 2360. The summed E-state index contributed by atoms with van der Waals surface area (Å²) in [5.41, 5.74) is -10.7. The molecule has 19 nitrogen and oxygen atoms in total. The summed E-state index contributed by atoms with van der Waals surface area (Å²) < 4.78 is 56.6. The number of cyclic esters (lactones) is 1. The number of esters is 1. The highest BCUT2D eigenvalue weighted by molar-refractivity contribution is 6.01. The zero-order valence-electron chi connectivity index (χ0n) is 53.4. The van der Waals surface area contributed by atoms with Gasteiger partial charge in [-0.25, -0.2) is 4.39 Å². The molecule has 84 heavy (non-hydrogen) atoms. The number of aliphatic hydroxyl groups is 7. The highest BCUT2D eigenvalue weighted by atomic mass is 19.1. The van der Waals surface area contributed by atoms with Gasteiger partial charge in [-0.05, 0) is 157 Å². The van der Waals surface area contributed by atoms with Crippen molar-refractivity contribution < 1.29 is 82.9 Å². The number of ether oxygens (including phenoxy) is 6. The number of hydrogen-bond acceptors (Lipinski definition) is 18. The van der Waals surface area contributed by atoms with Gasteiger partial charge in [0.25, 0.3) is 5.91 Å². The van der Waals surface area contributed by atoms with Crippen LogP contribution >= 0.6 is 0 Å². The van der Waals surface area contributed by atoms with Gasteiger partial charge in [0, 0.05) is 67.9 Å². The molecule has 7 rings (SSSR count). The first-order valence-electron chi connectivity index (χ1n) is 31.7. The molecule has 3 saturated carbocycles. The maximum atomic E-state index is 17.9. The summed E-state index contributed by atoms with van der Waals surface area (Å²) in [6, 6.07) is -1.15. The fraction of sp³-hybridized carbons (Fsp3) is 0.891. The van der Waals surface area contributed by atoms with Crippen LogP contribution in [0.5, 0.6) is 0 Å². The zero-order chi connectivity index (χ0) is 62.6. The highest BCUT2D eigenvalue weighted by Gasteiger charge is 2.76. The van der Waals surface area contributed by atoms with E-state index in [1.165, 1.54) is 26.2 Å². The monoisotopic (exact) mass is 1190 g/mol. The molecule has 0 aromatic carbocycles. The van der Waals surface area contributed by atoms with Crippen LogP contribution in [0.1, 0.15) is 168 Å². The SMILES string of the molecule is CCCCN(C)[C@H]1C[C@@H](C)OC(O[C@@H]2[C@@H](C)[C@H](OC3C[C@@](C)(OC)[C@@H](O)[C@H](C)O3)[C@@H](C)C(=O)O[C@H](CC)[C@@](C)(O)[C@H](O)[C@@H](C)N(CCCNC(=O)[C@@]3(O)[C@H](C)CC4C5CCC6=CC(=O)C=C[C@]6(C)[C@@]5(F)[C@@H](O)C[C@@]43C)C[C@H](C)C[C@@]2(C)O)[C@@H]1O. The zero-order valence-corrected chi connectivity index (χ0v) is 53.4. The quantitative estimate of drug-likeness (QED) is 0.0764. The van der Waals surface area contributed by atoms with Crippen LogP contribution in [0.2, 0.25) is 0 Å². The molecule has 26 atom stereocenters. The minimum Gasteiger partial charge on any atom is -0.459 e. The number of nitrogens with zero attached hydrogens (tertiary/aromatic N) is 2. The van der Waals surface area contributed by atoms with Crippen LogP contribution in [0.3, 0.4) is 0 Å². The highest BCUT2D eigenvalue weighted by Crippen LogP contribution is 2.70. The summed E-state index contributed by atoms with van der Waals surface area (Å²) in [5, 5.41) is 89.0. The largest absolute Gasteiger partial charge is 0.459 e. The van der Waals surface area contributed by atoms with E-state index in [1.807, 2.05) is 25.8 Å². The number of hydrogen-bond donors (Lipinski definition) is 8. The third kappa shape index (κ3) is 12.5. The van der Waals surface area contributed by atoms with Gasteiger partial charge in [0.15, 0.2) is 29.6 Å². The third-order valence-corrected chi connectivity index (χ3v) is 22.3. The smallest absolute Gasteiger partial charge is 0.311 e. The Morgan fingerprint density at radius 3 is 2.21 bits per heavy atom. The van der Waals surface area contributed by atoms with Gasteiger partial charge in [0.2, 0.25) is 0 Å². The van der Waals surface area contributed by atoms with Gasteiger partial charge in [-0.2, -0.15) is 0 Å². The normalized spacial score (nSPS) is 49.0. The Balaban J connectivity index is 1.17. The Morgan fingerprint density at radius 1 is 0.893 bits per heavy atom. The molecule has 3 saturated heterocycles. The number of likely N-dealkylation sites (N-methyl/N-ethyl adjacent to an activating group) is 1. The molecule has 20 heteroatoms. The van der Waals surface area contributed by atoms with E-state index in [0.29, 0.717) is 37.7 Å². The molecule has 7 aliphatic rings. The number of allylic oxidation sites excluding steroid dienone is 4. The molecule has 4 aliphatic carbocycles. The second kappa shape index (κ2) is 26.1. The van der Waals surface area contributed by atoms with Gasteiger partial charge in [-0.15, -0.1) is 0 Å². The molecular formula is C64H108FN3O16. The van der Waals surface area contributed by atoms with E-state index in [9.17, 15) is 50.1 Å². The van der Waals surface area contributed by atoms with Crippen LogP contribution in [0, 0.1) is 46.3 Å². The summed E-state index contributed by atoms with van der Waals surface area (Å²) >= 11 is 0. The number of carbonyl (C=O) groups excluding carboxylic acids is 3.